The van der Waals surface area contributed by atoms with Crippen LogP contribution in [0.3, 0.4) is 0 Å². The van der Waals surface area contributed by atoms with Crippen molar-refractivity contribution < 1.29 is 14.1 Å². The van der Waals surface area contributed by atoms with E-state index in [2.05, 4.69) is 15.8 Å². The number of amides is 1. The van der Waals surface area contributed by atoms with Crippen molar-refractivity contribution in [3.63, 3.8) is 0 Å². The van der Waals surface area contributed by atoms with Crippen LogP contribution in [0.4, 0.5) is 0 Å². The zero-order chi connectivity index (χ0) is 15.5. The number of hydrogen-bond acceptors (Lipinski definition) is 5. The van der Waals surface area contributed by atoms with Crippen LogP contribution in [0.5, 0.6) is 0 Å². The molecular weight excluding hydrogens is 282 g/mol. The molecule has 2 fully saturated rings. The summed E-state index contributed by atoms with van der Waals surface area (Å²) in [5.41, 5.74) is 0.375. The van der Waals surface area contributed by atoms with E-state index >= 15 is 0 Å². The van der Waals surface area contributed by atoms with E-state index in [1.54, 1.807) is 6.07 Å². The highest BCUT2D eigenvalue weighted by Gasteiger charge is 2.34. The van der Waals surface area contributed by atoms with E-state index in [1.165, 1.54) is 0 Å². The van der Waals surface area contributed by atoms with Gasteiger partial charge in [-0.1, -0.05) is 19.0 Å². The van der Waals surface area contributed by atoms with Gasteiger partial charge in [0.2, 0.25) is 0 Å². The van der Waals surface area contributed by atoms with Gasteiger partial charge in [-0.3, -0.25) is 4.79 Å². The fraction of sp³-hybridized carbons (Fsp3) is 0.750. The van der Waals surface area contributed by atoms with Gasteiger partial charge in [-0.05, 0) is 25.7 Å². The molecule has 0 aromatic carbocycles. The summed E-state index contributed by atoms with van der Waals surface area (Å²) in [6, 6.07) is 2.80. The number of ether oxygens (including phenoxy) is 1. The Morgan fingerprint density at radius 1 is 1.23 bits per heavy atom. The second kappa shape index (κ2) is 6.79. The Kier molecular flexibility index (Phi) is 4.78. The largest absolute Gasteiger partial charge is 0.381 e. The number of rotatable bonds is 5. The zero-order valence-corrected chi connectivity index (χ0v) is 13.3. The molecule has 0 radical (unpaired) electrons. The summed E-state index contributed by atoms with van der Waals surface area (Å²) in [7, 11) is 0. The Bertz CT molecular complexity index is 508. The van der Waals surface area contributed by atoms with Gasteiger partial charge in [-0.25, -0.2) is 0 Å². The lowest BCUT2D eigenvalue weighted by Crippen LogP contribution is -2.59. The van der Waals surface area contributed by atoms with Crippen LogP contribution in [0.2, 0.25) is 0 Å². The fourth-order valence-corrected chi connectivity index (χ4v) is 2.95. The molecule has 2 N–H and O–H groups in total. The summed E-state index contributed by atoms with van der Waals surface area (Å²) in [5, 5.41) is 10.6. The number of nitrogens with one attached hydrogen (secondary N) is 2. The Balaban J connectivity index is 1.50. The molecule has 0 unspecified atom stereocenters. The van der Waals surface area contributed by atoms with Gasteiger partial charge in [0.05, 0.1) is 0 Å². The molecule has 1 aromatic rings. The van der Waals surface area contributed by atoms with E-state index in [0.29, 0.717) is 17.8 Å². The van der Waals surface area contributed by atoms with Crippen LogP contribution in [0, 0.1) is 0 Å². The minimum absolute atomic E-state index is 0.140. The molecule has 1 aliphatic carbocycles. The van der Waals surface area contributed by atoms with Crippen molar-refractivity contribution in [3.8, 4) is 0 Å². The molecule has 6 nitrogen and oxygen atoms in total. The zero-order valence-electron chi connectivity index (χ0n) is 13.3. The molecule has 1 saturated heterocycles. The maximum Gasteiger partial charge on any atom is 0.273 e. The lowest BCUT2D eigenvalue weighted by Gasteiger charge is -2.40. The molecule has 0 spiro atoms. The number of hydrogen-bond donors (Lipinski definition) is 2. The van der Waals surface area contributed by atoms with Gasteiger partial charge in [0.15, 0.2) is 5.69 Å². The van der Waals surface area contributed by atoms with Crippen LogP contribution in [-0.4, -0.2) is 42.4 Å². The molecular formula is C16H25N3O3. The predicted molar refractivity (Wildman–Crippen MR) is 81.8 cm³/mol. The normalized spacial score (nSPS) is 26.0. The lowest BCUT2D eigenvalue weighted by molar-refractivity contribution is 0.0651. The molecule has 3 rings (SSSR count). The third kappa shape index (κ3) is 3.50. The molecule has 2 atom stereocenters. The van der Waals surface area contributed by atoms with Crippen molar-refractivity contribution in [2.24, 2.45) is 0 Å². The quantitative estimate of drug-likeness (QED) is 0.868. The average Bonchev–Trinajstić information content (AvgIpc) is 3.00. The third-order valence-corrected chi connectivity index (χ3v) is 4.59. The van der Waals surface area contributed by atoms with Crippen molar-refractivity contribution in [2.45, 2.75) is 63.6 Å². The molecule has 0 bridgehead atoms. The van der Waals surface area contributed by atoms with E-state index in [0.717, 1.165) is 44.7 Å². The second-order valence-corrected chi connectivity index (χ2v) is 6.59. The van der Waals surface area contributed by atoms with Crippen LogP contribution >= 0.6 is 0 Å². The Morgan fingerprint density at radius 3 is 2.55 bits per heavy atom. The summed E-state index contributed by atoms with van der Waals surface area (Å²) in [5.74, 6) is 0.843. The Hall–Kier alpha value is -1.40. The van der Waals surface area contributed by atoms with Crippen molar-refractivity contribution in [3.05, 3.63) is 17.5 Å². The maximum atomic E-state index is 12.2. The van der Waals surface area contributed by atoms with Crippen molar-refractivity contribution in [2.75, 3.05) is 13.2 Å². The van der Waals surface area contributed by atoms with Gasteiger partial charge in [0, 0.05) is 43.3 Å². The average molecular weight is 307 g/mol. The second-order valence-electron chi connectivity index (χ2n) is 6.59. The van der Waals surface area contributed by atoms with E-state index in [-0.39, 0.29) is 17.9 Å². The highest BCUT2D eigenvalue weighted by Crippen LogP contribution is 2.23. The van der Waals surface area contributed by atoms with E-state index in [9.17, 15) is 4.79 Å². The highest BCUT2D eigenvalue weighted by atomic mass is 16.5. The monoisotopic (exact) mass is 307 g/mol. The molecule has 6 heteroatoms. The number of carbonyl (C=O) groups is 1. The van der Waals surface area contributed by atoms with E-state index in [4.69, 9.17) is 9.26 Å². The SMILES string of the molecule is CC(C)c1cc(C(=O)N[C@H]2CC[C@H]2NC2CCOCC2)no1. The highest BCUT2D eigenvalue weighted by molar-refractivity contribution is 5.92. The van der Waals surface area contributed by atoms with Crippen LogP contribution in [0.15, 0.2) is 10.6 Å². The summed E-state index contributed by atoms with van der Waals surface area (Å²) >= 11 is 0. The number of nitrogens with zero attached hydrogens (tertiary/aromatic N) is 1. The predicted octanol–water partition coefficient (Wildman–Crippen LogP) is 1.83. The van der Waals surface area contributed by atoms with Crippen molar-refractivity contribution in [1.82, 2.24) is 15.8 Å². The van der Waals surface area contributed by atoms with Gasteiger partial charge < -0.3 is 19.9 Å². The van der Waals surface area contributed by atoms with Crippen molar-refractivity contribution in [1.29, 1.82) is 0 Å². The minimum Gasteiger partial charge on any atom is -0.381 e. The molecule has 1 saturated carbocycles. The molecule has 1 amide bonds. The lowest BCUT2D eigenvalue weighted by atomic mass is 9.85. The van der Waals surface area contributed by atoms with E-state index < -0.39 is 0 Å². The maximum absolute atomic E-state index is 12.2. The summed E-state index contributed by atoms with van der Waals surface area (Å²) < 4.78 is 10.6. The van der Waals surface area contributed by atoms with Crippen molar-refractivity contribution >= 4 is 5.91 Å². The first kappa shape index (κ1) is 15.5. The van der Waals surface area contributed by atoms with Crippen LogP contribution in [0.1, 0.15) is 61.7 Å². The van der Waals surface area contributed by atoms with Gasteiger partial charge in [0.1, 0.15) is 5.76 Å². The standard InChI is InChI=1S/C16H25N3O3/c1-10(2)15-9-14(19-22-15)16(20)18-13-4-3-12(13)17-11-5-7-21-8-6-11/h9-13,17H,3-8H2,1-2H3,(H,18,20)/t12-,13+/m1/s1. The first-order chi connectivity index (χ1) is 10.6. The fourth-order valence-electron chi connectivity index (χ4n) is 2.95. The van der Waals surface area contributed by atoms with Gasteiger partial charge in [-0.2, -0.15) is 0 Å². The molecule has 2 aliphatic rings. The summed E-state index contributed by atoms with van der Waals surface area (Å²) in [4.78, 5) is 12.2. The van der Waals surface area contributed by atoms with Crippen LogP contribution < -0.4 is 10.6 Å². The first-order valence-electron chi connectivity index (χ1n) is 8.24. The molecule has 1 aliphatic heterocycles. The van der Waals surface area contributed by atoms with Crippen LogP contribution in [0.25, 0.3) is 0 Å². The molecule has 122 valence electrons. The topological polar surface area (TPSA) is 76.4 Å². The molecule has 22 heavy (non-hydrogen) atoms. The Labute approximate surface area is 131 Å². The minimum atomic E-state index is -0.140. The smallest absolute Gasteiger partial charge is 0.273 e. The Morgan fingerprint density at radius 2 is 1.95 bits per heavy atom. The van der Waals surface area contributed by atoms with Gasteiger partial charge in [-0.15, -0.1) is 0 Å². The van der Waals surface area contributed by atoms with Gasteiger partial charge >= 0.3 is 0 Å². The van der Waals surface area contributed by atoms with Crippen LogP contribution in [-0.2, 0) is 4.74 Å². The molecule has 2 heterocycles. The summed E-state index contributed by atoms with van der Waals surface area (Å²) in [6.07, 6.45) is 4.23. The summed E-state index contributed by atoms with van der Waals surface area (Å²) in [6.45, 7) is 5.70. The van der Waals surface area contributed by atoms with E-state index in [1.807, 2.05) is 13.8 Å². The number of aromatic nitrogens is 1. The first-order valence-corrected chi connectivity index (χ1v) is 8.24. The molecule has 1 aromatic heterocycles. The number of carbonyl (C=O) groups excluding carboxylic acids is 1. The van der Waals surface area contributed by atoms with Gasteiger partial charge in [0.25, 0.3) is 5.91 Å². The third-order valence-electron chi connectivity index (χ3n) is 4.59.